The fraction of sp³-hybridized carbons (Fsp3) is 0.385. The Morgan fingerprint density at radius 2 is 2.22 bits per heavy atom. The molecule has 0 unspecified atom stereocenters. The van der Waals surface area contributed by atoms with Crippen LogP contribution < -0.4 is 15.2 Å². The topological polar surface area (TPSA) is 78.6 Å². The van der Waals surface area contributed by atoms with Gasteiger partial charge in [-0.3, -0.25) is 9.59 Å². The third kappa shape index (κ3) is 3.76. The number of primary amides is 1. The van der Waals surface area contributed by atoms with Crippen molar-refractivity contribution in [3.8, 4) is 11.5 Å². The zero-order valence-corrected chi connectivity index (χ0v) is 10.5. The molecule has 0 bridgehead atoms. The maximum absolute atomic E-state index is 10.9. The van der Waals surface area contributed by atoms with Gasteiger partial charge in [0, 0.05) is 6.07 Å². The summed E-state index contributed by atoms with van der Waals surface area (Å²) in [5.41, 5.74) is 5.46. The van der Waals surface area contributed by atoms with Crippen LogP contribution in [0.1, 0.15) is 30.6 Å². The molecule has 18 heavy (non-hydrogen) atoms. The van der Waals surface area contributed by atoms with E-state index in [4.69, 9.17) is 15.2 Å². The van der Waals surface area contributed by atoms with Gasteiger partial charge in [0.25, 0.3) is 5.91 Å². The van der Waals surface area contributed by atoms with Crippen molar-refractivity contribution in [2.45, 2.75) is 26.4 Å². The number of amides is 1. The molecule has 0 aliphatic heterocycles. The van der Waals surface area contributed by atoms with Gasteiger partial charge in [-0.2, -0.15) is 0 Å². The molecule has 0 radical (unpaired) electrons. The lowest BCUT2D eigenvalue weighted by molar-refractivity contribution is -0.124. The van der Waals surface area contributed by atoms with Crippen molar-refractivity contribution in [1.29, 1.82) is 0 Å². The van der Waals surface area contributed by atoms with Crippen LogP contribution in [0.25, 0.3) is 0 Å². The van der Waals surface area contributed by atoms with E-state index in [9.17, 15) is 9.59 Å². The largest absolute Gasteiger partial charge is 0.493 e. The summed E-state index contributed by atoms with van der Waals surface area (Å²) in [5, 5.41) is 0. The number of nitrogens with two attached hydrogens (primary N) is 1. The highest BCUT2D eigenvalue weighted by atomic mass is 16.5. The Hall–Kier alpha value is -2.04. The van der Waals surface area contributed by atoms with Gasteiger partial charge in [-0.1, -0.05) is 6.92 Å². The van der Waals surface area contributed by atoms with E-state index in [1.807, 2.05) is 6.92 Å². The van der Waals surface area contributed by atoms with Crippen molar-refractivity contribution >= 4 is 12.2 Å². The van der Waals surface area contributed by atoms with Crippen molar-refractivity contribution < 1.29 is 19.1 Å². The second kappa shape index (κ2) is 6.64. The van der Waals surface area contributed by atoms with Crippen LogP contribution in [0.2, 0.25) is 0 Å². The molecule has 1 atom stereocenters. The molecule has 2 N–H and O–H groups in total. The van der Waals surface area contributed by atoms with Crippen molar-refractivity contribution in [2.24, 2.45) is 5.73 Å². The molecule has 1 aromatic rings. The number of carbonyl (C=O) groups excluding carboxylic acids is 2. The first-order valence-electron chi connectivity index (χ1n) is 5.76. The maximum atomic E-state index is 10.9. The molecule has 1 amide bonds. The molecule has 5 nitrogen and oxygen atoms in total. The van der Waals surface area contributed by atoms with Crippen LogP contribution in [-0.2, 0) is 4.79 Å². The third-order valence-corrected chi connectivity index (χ3v) is 2.29. The number of hydrogen-bond acceptors (Lipinski definition) is 4. The molecule has 0 fully saturated rings. The number of aldehydes is 1. The van der Waals surface area contributed by atoms with E-state index in [0.29, 0.717) is 30.0 Å². The number of ether oxygens (including phenoxy) is 2. The van der Waals surface area contributed by atoms with Crippen LogP contribution >= 0.6 is 0 Å². The molecule has 0 spiro atoms. The fourth-order valence-electron chi connectivity index (χ4n) is 1.27. The molecule has 1 rings (SSSR count). The number of rotatable bonds is 7. The zero-order valence-electron chi connectivity index (χ0n) is 10.5. The van der Waals surface area contributed by atoms with Crippen LogP contribution in [-0.4, -0.2) is 24.9 Å². The molecule has 98 valence electrons. The molecule has 0 aromatic heterocycles. The van der Waals surface area contributed by atoms with E-state index in [1.54, 1.807) is 18.2 Å². The smallest absolute Gasteiger partial charge is 0.258 e. The molecule has 1 aromatic carbocycles. The first-order chi connectivity index (χ1) is 8.58. The van der Waals surface area contributed by atoms with Gasteiger partial charge in [0.05, 0.1) is 12.2 Å². The normalized spacial score (nSPS) is 11.7. The van der Waals surface area contributed by atoms with Crippen molar-refractivity contribution in [1.82, 2.24) is 0 Å². The van der Waals surface area contributed by atoms with Gasteiger partial charge in [0.15, 0.2) is 12.4 Å². The minimum Gasteiger partial charge on any atom is -0.493 e. The monoisotopic (exact) mass is 251 g/mol. The highest BCUT2D eigenvalue weighted by Gasteiger charge is 2.13. The van der Waals surface area contributed by atoms with Crippen molar-refractivity contribution in [2.75, 3.05) is 6.61 Å². The highest BCUT2D eigenvalue weighted by Crippen LogP contribution is 2.24. The maximum Gasteiger partial charge on any atom is 0.258 e. The SMILES string of the molecule is CCCOc1ccc(C=O)c(O[C@@H](C)C(N)=O)c1. The van der Waals surface area contributed by atoms with Gasteiger partial charge >= 0.3 is 0 Å². The molecule has 0 aliphatic rings. The minimum atomic E-state index is -0.801. The summed E-state index contributed by atoms with van der Waals surface area (Å²) < 4.78 is 10.8. The molecule has 5 heteroatoms. The van der Waals surface area contributed by atoms with Crippen LogP contribution in [0, 0.1) is 0 Å². The second-order valence-electron chi connectivity index (χ2n) is 3.83. The summed E-state index contributed by atoms with van der Waals surface area (Å²) in [6, 6.07) is 4.85. The summed E-state index contributed by atoms with van der Waals surface area (Å²) in [6.45, 7) is 4.09. The van der Waals surface area contributed by atoms with Crippen LogP contribution in [0.15, 0.2) is 18.2 Å². The quantitative estimate of drug-likeness (QED) is 0.745. The van der Waals surface area contributed by atoms with E-state index < -0.39 is 12.0 Å². The van der Waals surface area contributed by atoms with Crippen LogP contribution in [0.3, 0.4) is 0 Å². The average molecular weight is 251 g/mol. The number of benzene rings is 1. The Bertz CT molecular complexity index is 431. The van der Waals surface area contributed by atoms with E-state index >= 15 is 0 Å². The molecular formula is C13H17NO4. The summed E-state index contributed by atoms with van der Waals surface area (Å²) in [7, 11) is 0. The van der Waals surface area contributed by atoms with E-state index in [0.717, 1.165) is 6.42 Å². The lowest BCUT2D eigenvalue weighted by Crippen LogP contribution is -2.30. The van der Waals surface area contributed by atoms with Gasteiger partial charge in [-0.05, 0) is 25.5 Å². The third-order valence-electron chi connectivity index (χ3n) is 2.29. The standard InChI is InChI=1S/C13H17NO4/c1-3-6-17-11-5-4-10(8-15)12(7-11)18-9(2)13(14)16/h4-5,7-9H,3,6H2,1-2H3,(H2,14,16)/t9-/m0/s1. The Morgan fingerprint density at radius 1 is 1.50 bits per heavy atom. The molecule has 0 saturated heterocycles. The van der Waals surface area contributed by atoms with E-state index in [-0.39, 0.29) is 0 Å². The lowest BCUT2D eigenvalue weighted by Gasteiger charge is -2.14. The van der Waals surface area contributed by atoms with Gasteiger partial charge in [-0.25, -0.2) is 0 Å². The Kier molecular flexibility index (Phi) is 5.17. The second-order valence-corrected chi connectivity index (χ2v) is 3.83. The van der Waals surface area contributed by atoms with Crippen molar-refractivity contribution in [3.63, 3.8) is 0 Å². The molecule has 0 aliphatic carbocycles. The summed E-state index contributed by atoms with van der Waals surface area (Å²) >= 11 is 0. The van der Waals surface area contributed by atoms with Crippen molar-refractivity contribution in [3.05, 3.63) is 23.8 Å². The van der Waals surface area contributed by atoms with E-state index in [1.165, 1.54) is 6.92 Å². The first-order valence-corrected chi connectivity index (χ1v) is 5.76. The number of carbonyl (C=O) groups is 2. The van der Waals surface area contributed by atoms with Gasteiger partial charge < -0.3 is 15.2 Å². The van der Waals surface area contributed by atoms with Gasteiger partial charge in [0.1, 0.15) is 11.5 Å². The lowest BCUT2D eigenvalue weighted by atomic mass is 10.2. The van der Waals surface area contributed by atoms with Gasteiger partial charge in [0.2, 0.25) is 0 Å². The Labute approximate surface area is 106 Å². The summed E-state index contributed by atoms with van der Waals surface area (Å²) in [5.74, 6) is 0.297. The van der Waals surface area contributed by atoms with Crippen LogP contribution in [0.4, 0.5) is 0 Å². The van der Waals surface area contributed by atoms with Crippen LogP contribution in [0.5, 0.6) is 11.5 Å². The molecule has 0 heterocycles. The molecule has 0 saturated carbocycles. The summed E-state index contributed by atoms with van der Waals surface area (Å²) in [4.78, 5) is 21.8. The Balaban J connectivity index is 2.91. The zero-order chi connectivity index (χ0) is 13.5. The predicted octanol–water partition coefficient (Wildman–Crippen LogP) is 1.54. The van der Waals surface area contributed by atoms with E-state index in [2.05, 4.69) is 0 Å². The predicted molar refractivity (Wildman–Crippen MR) is 66.9 cm³/mol. The number of hydrogen-bond donors (Lipinski definition) is 1. The first kappa shape index (κ1) is 14.0. The fourth-order valence-corrected chi connectivity index (χ4v) is 1.27. The molecular weight excluding hydrogens is 234 g/mol. The van der Waals surface area contributed by atoms with Gasteiger partial charge in [-0.15, -0.1) is 0 Å². The average Bonchev–Trinajstić information content (AvgIpc) is 2.36. The highest BCUT2D eigenvalue weighted by molar-refractivity contribution is 5.81. The summed E-state index contributed by atoms with van der Waals surface area (Å²) in [6.07, 6.45) is 0.737. The Morgan fingerprint density at radius 3 is 2.78 bits per heavy atom. The minimum absolute atomic E-state index is 0.296.